The van der Waals surface area contributed by atoms with Gasteiger partial charge in [0.1, 0.15) is 29.3 Å². The van der Waals surface area contributed by atoms with Crippen LogP contribution in [-0.2, 0) is 22.6 Å². The number of nitrogens with two attached hydrogens (primary N) is 1. The number of unbranched alkanes of at least 4 members (excludes halogenated alkanes) is 1. The number of ether oxygens (including phenoxy) is 2. The van der Waals surface area contributed by atoms with E-state index in [2.05, 4.69) is 24.5 Å². The van der Waals surface area contributed by atoms with E-state index in [0.717, 1.165) is 48.6 Å². The Hall–Kier alpha value is -3.88. The largest absolute Gasteiger partial charge is 0.497 e. The summed E-state index contributed by atoms with van der Waals surface area (Å²) in [6.07, 6.45) is 4.01. The molecule has 1 aliphatic heterocycles. The molecule has 0 spiro atoms. The number of para-hydroxylation sites is 1. The van der Waals surface area contributed by atoms with E-state index < -0.39 is 12.1 Å². The fraction of sp³-hybridized carbons (Fsp3) is 0.412. The first-order valence-corrected chi connectivity index (χ1v) is 14.9. The van der Waals surface area contributed by atoms with Crippen molar-refractivity contribution in [1.82, 2.24) is 15.5 Å². The minimum absolute atomic E-state index is 0.0683. The zero-order valence-corrected chi connectivity index (χ0v) is 25.2. The molecule has 42 heavy (non-hydrogen) atoms. The van der Waals surface area contributed by atoms with Crippen molar-refractivity contribution in [2.24, 2.45) is 5.73 Å². The summed E-state index contributed by atoms with van der Waals surface area (Å²) in [6.45, 7) is 6.80. The average Bonchev–Trinajstić information content (AvgIpc) is 3.01. The number of methoxy groups -OCH3 is 1. The highest BCUT2D eigenvalue weighted by molar-refractivity contribution is 5.97. The lowest BCUT2D eigenvalue weighted by Gasteiger charge is -2.39. The zero-order chi connectivity index (χ0) is 30.2. The molecule has 8 heteroatoms. The number of piperazine rings is 1. The molecule has 1 heterocycles. The van der Waals surface area contributed by atoms with Crippen LogP contribution in [0.1, 0.15) is 50.7 Å². The van der Waals surface area contributed by atoms with Gasteiger partial charge in [0.2, 0.25) is 11.8 Å². The van der Waals surface area contributed by atoms with Crippen molar-refractivity contribution in [1.29, 1.82) is 0 Å². The van der Waals surface area contributed by atoms with Crippen LogP contribution in [0.25, 0.3) is 0 Å². The standard InChI is InChI=1S/C31H38N4O4.C3H8/c1-38-25-14-10-23(11-15-25)21-28-31(37)35(29(30(36)34-28)9-5-6-19-33-20-18-32)22-24-12-16-27(17-13-24)39-26-7-3-2-4-8-26;1-3-2/h2-4,7-8,10-17,28-29,33H,5-6,9,18-22,32H2,1H3,(H,34,36);3H2,1-2H3/t28-,29-;/m0./s1. The van der Waals surface area contributed by atoms with E-state index in [-0.39, 0.29) is 11.8 Å². The van der Waals surface area contributed by atoms with Crippen molar-refractivity contribution < 1.29 is 19.1 Å². The Kier molecular flexibility index (Phi) is 13.9. The summed E-state index contributed by atoms with van der Waals surface area (Å²) in [5.41, 5.74) is 7.44. The summed E-state index contributed by atoms with van der Waals surface area (Å²) in [6, 6.07) is 23.7. The van der Waals surface area contributed by atoms with Gasteiger partial charge in [0.25, 0.3) is 0 Å². The van der Waals surface area contributed by atoms with Crippen LogP contribution in [0.3, 0.4) is 0 Å². The average molecular weight is 575 g/mol. The molecule has 1 fully saturated rings. The van der Waals surface area contributed by atoms with Crippen molar-refractivity contribution in [2.75, 3.05) is 26.7 Å². The van der Waals surface area contributed by atoms with Gasteiger partial charge in [0.05, 0.1) is 7.11 Å². The Morgan fingerprint density at radius 2 is 1.45 bits per heavy atom. The molecule has 2 atom stereocenters. The second-order valence-corrected chi connectivity index (χ2v) is 10.4. The highest BCUT2D eigenvalue weighted by atomic mass is 16.5. The van der Waals surface area contributed by atoms with Crippen LogP contribution >= 0.6 is 0 Å². The lowest BCUT2D eigenvalue weighted by molar-refractivity contribution is -0.150. The van der Waals surface area contributed by atoms with Gasteiger partial charge in [-0.2, -0.15) is 0 Å². The van der Waals surface area contributed by atoms with E-state index in [9.17, 15) is 9.59 Å². The Balaban J connectivity index is 0.00000155. The van der Waals surface area contributed by atoms with E-state index >= 15 is 0 Å². The maximum absolute atomic E-state index is 13.7. The smallest absolute Gasteiger partial charge is 0.246 e. The number of hydrogen-bond donors (Lipinski definition) is 3. The lowest BCUT2D eigenvalue weighted by Crippen LogP contribution is -2.63. The molecule has 1 saturated heterocycles. The summed E-state index contributed by atoms with van der Waals surface area (Å²) in [5, 5.41) is 6.28. The van der Waals surface area contributed by atoms with E-state index in [0.29, 0.717) is 31.7 Å². The molecule has 3 aromatic carbocycles. The minimum Gasteiger partial charge on any atom is -0.497 e. The summed E-state index contributed by atoms with van der Waals surface area (Å²) >= 11 is 0. The van der Waals surface area contributed by atoms with Gasteiger partial charge in [-0.25, -0.2) is 0 Å². The Morgan fingerprint density at radius 1 is 0.833 bits per heavy atom. The molecular weight excluding hydrogens is 528 g/mol. The van der Waals surface area contributed by atoms with E-state index in [4.69, 9.17) is 15.2 Å². The third-order valence-corrected chi connectivity index (χ3v) is 6.83. The summed E-state index contributed by atoms with van der Waals surface area (Å²) in [7, 11) is 1.62. The molecule has 0 radical (unpaired) electrons. The number of benzene rings is 3. The highest BCUT2D eigenvalue weighted by Crippen LogP contribution is 2.25. The van der Waals surface area contributed by atoms with Gasteiger partial charge in [-0.15, -0.1) is 0 Å². The quantitative estimate of drug-likeness (QED) is 0.233. The molecular formula is C34H46N4O4. The molecule has 2 amide bonds. The number of rotatable bonds is 14. The number of nitrogens with one attached hydrogen (secondary N) is 2. The van der Waals surface area contributed by atoms with Crippen LogP contribution in [-0.4, -0.2) is 55.5 Å². The monoisotopic (exact) mass is 574 g/mol. The molecule has 0 aromatic heterocycles. The number of carbonyl (C=O) groups is 2. The van der Waals surface area contributed by atoms with Crippen molar-refractivity contribution in [3.8, 4) is 17.2 Å². The Labute approximate surface area is 250 Å². The molecule has 1 aliphatic rings. The maximum atomic E-state index is 13.7. The molecule has 4 N–H and O–H groups in total. The third-order valence-electron chi connectivity index (χ3n) is 6.83. The molecule has 0 saturated carbocycles. The van der Waals surface area contributed by atoms with E-state index in [1.54, 1.807) is 12.0 Å². The van der Waals surface area contributed by atoms with Gasteiger partial charge >= 0.3 is 0 Å². The zero-order valence-electron chi connectivity index (χ0n) is 25.2. The van der Waals surface area contributed by atoms with Gasteiger partial charge in [0.15, 0.2) is 0 Å². The Bertz CT molecular complexity index is 1200. The van der Waals surface area contributed by atoms with Crippen molar-refractivity contribution in [3.05, 3.63) is 90.0 Å². The van der Waals surface area contributed by atoms with Crippen LogP contribution < -0.4 is 25.8 Å². The van der Waals surface area contributed by atoms with Gasteiger partial charge < -0.3 is 30.7 Å². The molecule has 0 aliphatic carbocycles. The summed E-state index contributed by atoms with van der Waals surface area (Å²) in [4.78, 5) is 28.8. The maximum Gasteiger partial charge on any atom is 0.246 e. The first-order valence-electron chi connectivity index (χ1n) is 14.9. The van der Waals surface area contributed by atoms with Crippen molar-refractivity contribution in [2.45, 2.75) is 64.6 Å². The highest BCUT2D eigenvalue weighted by Gasteiger charge is 2.40. The van der Waals surface area contributed by atoms with Crippen LogP contribution in [0.2, 0.25) is 0 Å². The van der Waals surface area contributed by atoms with Gasteiger partial charge in [-0.05, 0) is 73.3 Å². The molecule has 0 bridgehead atoms. The second kappa shape index (κ2) is 17.8. The van der Waals surface area contributed by atoms with Crippen molar-refractivity contribution in [3.63, 3.8) is 0 Å². The summed E-state index contributed by atoms with van der Waals surface area (Å²) in [5.74, 6) is 2.05. The first-order chi connectivity index (χ1) is 20.5. The second-order valence-electron chi connectivity index (χ2n) is 10.4. The minimum atomic E-state index is -0.617. The number of nitrogens with zero attached hydrogens (tertiary/aromatic N) is 1. The molecule has 3 aromatic rings. The lowest BCUT2D eigenvalue weighted by atomic mass is 9.96. The number of carbonyl (C=O) groups excluding carboxylic acids is 2. The van der Waals surface area contributed by atoms with Crippen LogP contribution in [0.15, 0.2) is 78.9 Å². The molecule has 226 valence electrons. The molecule has 0 unspecified atom stereocenters. The Morgan fingerprint density at radius 3 is 2.10 bits per heavy atom. The van der Waals surface area contributed by atoms with E-state index in [1.807, 2.05) is 78.9 Å². The molecule has 8 nitrogen and oxygen atoms in total. The predicted molar refractivity (Wildman–Crippen MR) is 168 cm³/mol. The topological polar surface area (TPSA) is 106 Å². The van der Waals surface area contributed by atoms with Gasteiger partial charge in [0, 0.05) is 26.1 Å². The third kappa shape index (κ3) is 10.2. The normalized spacial score (nSPS) is 16.3. The van der Waals surface area contributed by atoms with Crippen LogP contribution in [0, 0.1) is 0 Å². The predicted octanol–water partition coefficient (Wildman–Crippen LogP) is 5.06. The van der Waals surface area contributed by atoms with Crippen LogP contribution in [0.4, 0.5) is 0 Å². The summed E-state index contributed by atoms with van der Waals surface area (Å²) < 4.78 is 11.1. The fourth-order valence-corrected chi connectivity index (χ4v) is 4.73. The van der Waals surface area contributed by atoms with Crippen LogP contribution in [0.5, 0.6) is 17.2 Å². The van der Waals surface area contributed by atoms with Gasteiger partial charge in [-0.1, -0.05) is 62.7 Å². The van der Waals surface area contributed by atoms with Gasteiger partial charge in [-0.3, -0.25) is 9.59 Å². The van der Waals surface area contributed by atoms with E-state index in [1.165, 1.54) is 6.42 Å². The number of hydrogen-bond acceptors (Lipinski definition) is 6. The number of amides is 2. The SMILES string of the molecule is CCC.COc1ccc(C[C@@H]2NC(=O)[C@H](CCCCNCCN)N(Cc3ccc(Oc4ccccc4)cc3)C2=O)cc1. The first kappa shape index (κ1) is 32.6. The van der Waals surface area contributed by atoms with Crippen molar-refractivity contribution >= 4 is 11.8 Å². The fourth-order valence-electron chi connectivity index (χ4n) is 4.73. The molecule has 4 rings (SSSR count).